The lowest BCUT2D eigenvalue weighted by Gasteiger charge is -1.98. The Balaban J connectivity index is 2.96. The second kappa shape index (κ2) is 3.80. The van der Waals surface area contributed by atoms with Crippen LogP contribution >= 0.6 is 0 Å². The Kier molecular flexibility index (Phi) is 2.74. The molecule has 1 heterocycles. The molecule has 1 N–H and O–H groups in total. The minimum Gasteiger partial charge on any atom is -0.478 e. The topological polar surface area (TPSA) is 63.1 Å². The molecule has 1 rings (SSSR count). The molecule has 0 aromatic carbocycles. The summed E-state index contributed by atoms with van der Waals surface area (Å²) in [5, 5.41) is 8.48. The molecule has 0 spiro atoms. The summed E-state index contributed by atoms with van der Waals surface area (Å²) >= 11 is 0. The molecule has 1 aromatic heterocycles. The van der Waals surface area contributed by atoms with Crippen LogP contribution in [0.1, 0.15) is 18.3 Å². The van der Waals surface area contributed by atoms with Crippen LogP contribution in [-0.4, -0.2) is 21.0 Å². The number of nitrogens with zero attached hydrogens (tertiary/aromatic N) is 2. The van der Waals surface area contributed by atoms with Crippen molar-refractivity contribution in [1.82, 2.24) is 9.97 Å². The lowest BCUT2D eigenvalue weighted by molar-refractivity contribution is -0.131. The minimum absolute atomic E-state index is 0.646. The van der Waals surface area contributed by atoms with E-state index >= 15 is 0 Å². The van der Waals surface area contributed by atoms with E-state index in [2.05, 4.69) is 9.97 Å². The molecule has 0 radical (unpaired) electrons. The van der Waals surface area contributed by atoms with Gasteiger partial charge < -0.3 is 5.11 Å². The lowest BCUT2D eigenvalue weighted by Crippen LogP contribution is -1.93. The Morgan fingerprint density at radius 2 is 2.00 bits per heavy atom. The van der Waals surface area contributed by atoms with E-state index in [1.54, 1.807) is 26.2 Å². The average molecular weight is 178 g/mol. The van der Waals surface area contributed by atoms with E-state index in [9.17, 15) is 4.79 Å². The van der Waals surface area contributed by atoms with E-state index in [0.29, 0.717) is 11.4 Å². The first-order valence-corrected chi connectivity index (χ1v) is 3.80. The fourth-order valence-corrected chi connectivity index (χ4v) is 0.865. The first-order valence-electron chi connectivity index (χ1n) is 3.80. The van der Waals surface area contributed by atoms with E-state index in [4.69, 9.17) is 5.11 Å². The van der Waals surface area contributed by atoms with Gasteiger partial charge >= 0.3 is 5.97 Å². The second-order valence-corrected chi connectivity index (χ2v) is 2.68. The van der Waals surface area contributed by atoms with Crippen LogP contribution in [-0.2, 0) is 4.79 Å². The lowest BCUT2D eigenvalue weighted by atomic mass is 10.1. The second-order valence-electron chi connectivity index (χ2n) is 2.68. The molecule has 0 aliphatic carbocycles. The van der Waals surface area contributed by atoms with E-state index in [1.807, 2.05) is 0 Å². The van der Waals surface area contributed by atoms with Crippen LogP contribution in [0, 0.1) is 6.92 Å². The van der Waals surface area contributed by atoms with Crippen LogP contribution in [0.15, 0.2) is 18.5 Å². The summed E-state index contributed by atoms with van der Waals surface area (Å²) in [6.07, 6.45) is 4.35. The third-order valence-electron chi connectivity index (χ3n) is 1.58. The first-order chi connectivity index (χ1) is 6.09. The molecule has 0 fully saturated rings. The van der Waals surface area contributed by atoms with Gasteiger partial charge in [0, 0.05) is 24.0 Å². The van der Waals surface area contributed by atoms with Gasteiger partial charge in [-0.15, -0.1) is 0 Å². The van der Waals surface area contributed by atoms with Gasteiger partial charge in [-0.1, -0.05) is 0 Å². The highest BCUT2D eigenvalue weighted by molar-refractivity contribution is 5.89. The summed E-state index contributed by atoms with van der Waals surface area (Å²) < 4.78 is 0. The number of aliphatic carboxylic acids is 1. The van der Waals surface area contributed by atoms with Gasteiger partial charge in [-0.05, 0) is 19.4 Å². The SMILES string of the molecule is C/C(=C/C(=O)O)c1cnc(C)nc1. The molecule has 0 aliphatic heterocycles. The Bertz CT molecular complexity index is 341. The van der Waals surface area contributed by atoms with Gasteiger partial charge in [0.2, 0.25) is 0 Å². The zero-order chi connectivity index (χ0) is 9.84. The average Bonchev–Trinajstić information content (AvgIpc) is 2.04. The minimum atomic E-state index is -0.960. The number of hydrogen-bond acceptors (Lipinski definition) is 3. The molecular formula is C9H10N2O2. The van der Waals surface area contributed by atoms with Crippen molar-refractivity contribution in [2.45, 2.75) is 13.8 Å². The Labute approximate surface area is 76.0 Å². The largest absolute Gasteiger partial charge is 0.478 e. The summed E-state index contributed by atoms with van der Waals surface area (Å²) in [6.45, 7) is 3.49. The van der Waals surface area contributed by atoms with Crippen LogP contribution < -0.4 is 0 Å². The highest BCUT2D eigenvalue weighted by Crippen LogP contribution is 2.10. The molecule has 0 saturated carbocycles. The number of aromatic nitrogens is 2. The monoisotopic (exact) mass is 178 g/mol. The van der Waals surface area contributed by atoms with Crippen molar-refractivity contribution in [3.63, 3.8) is 0 Å². The number of rotatable bonds is 2. The van der Waals surface area contributed by atoms with E-state index in [1.165, 1.54) is 0 Å². The molecule has 0 amide bonds. The van der Waals surface area contributed by atoms with Gasteiger partial charge in [0.1, 0.15) is 5.82 Å². The maximum Gasteiger partial charge on any atom is 0.328 e. The number of aryl methyl sites for hydroxylation is 1. The zero-order valence-electron chi connectivity index (χ0n) is 7.48. The predicted molar refractivity (Wildman–Crippen MR) is 48.1 cm³/mol. The summed E-state index contributed by atoms with van der Waals surface area (Å²) in [5.41, 5.74) is 1.38. The molecule has 4 nitrogen and oxygen atoms in total. The molecule has 68 valence electrons. The summed E-state index contributed by atoms with van der Waals surface area (Å²) in [6, 6.07) is 0. The number of carboxylic acid groups (broad SMARTS) is 1. The van der Waals surface area contributed by atoms with Crippen LogP contribution in [0.3, 0.4) is 0 Å². The fourth-order valence-electron chi connectivity index (χ4n) is 0.865. The number of allylic oxidation sites excluding steroid dienone is 1. The molecule has 0 bridgehead atoms. The van der Waals surface area contributed by atoms with Gasteiger partial charge in [0.15, 0.2) is 0 Å². The third-order valence-corrected chi connectivity index (χ3v) is 1.58. The van der Waals surface area contributed by atoms with Gasteiger partial charge in [0.05, 0.1) is 0 Å². The van der Waals surface area contributed by atoms with Crippen molar-refractivity contribution in [2.24, 2.45) is 0 Å². The summed E-state index contributed by atoms with van der Waals surface area (Å²) in [5.74, 6) is -0.287. The Hall–Kier alpha value is -1.71. The van der Waals surface area contributed by atoms with Crippen molar-refractivity contribution < 1.29 is 9.90 Å². The maximum atomic E-state index is 10.3. The molecular weight excluding hydrogens is 168 g/mol. The number of carbonyl (C=O) groups is 1. The van der Waals surface area contributed by atoms with Crippen LogP contribution in [0.5, 0.6) is 0 Å². The highest BCUT2D eigenvalue weighted by atomic mass is 16.4. The molecule has 0 atom stereocenters. The number of carboxylic acids is 1. The van der Waals surface area contributed by atoms with Gasteiger partial charge in [0.25, 0.3) is 0 Å². The van der Waals surface area contributed by atoms with Crippen molar-refractivity contribution in [1.29, 1.82) is 0 Å². The van der Waals surface area contributed by atoms with E-state index in [0.717, 1.165) is 11.6 Å². The fraction of sp³-hybridized carbons (Fsp3) is 0.222. The van der Waals surface area contributed by atoms with Crippen molar-refractivity contribution in [3.05, 3.63) is 29.9 Å². The van der Waals surface area contributed by atoms with Crippen LogP contribution in [0.2, 0.25) is 0 Å². The van der Waals surface area contributed by atoms with Crippen molar-refractivity contribution >= 4 is 11.5 Å². The van der Waals surface area contributed by atoms with Gasteiger partial charge in [-0.2, -0.15) is 0 Å². The smallest absolute Gasteiger partial charge is 0.328 e. The molecule has 13 heavy (non-hydrogen) atoms. The van der Waals surface area contributed by atoms with E-state index < -0.39 is 5.97 Å². The van der Waals surface area contributed by atoms with Gasteiger partial charge in [-0.3, -0.25) is 0 Å². The predicted octanol–water partition coefficient (Wildman–Crippen LogP) is 1.27. The summed E-state index contributed by atoms with van der Waals surface area (Å²) in [4.78, 5) is 18.3. The molecule has 4 heteroatoms. The third kappa shape index (κ3) is 2.66. The molecule has 0 aliphatic rings. The summed E-state index contributed by atoms with van der Waals surface area (Å²) in [7, 11) is 0. The first kappa shape index (κ1) is 9.38. The Morgan fingerprint density at radius 3 is 2.46 bits per heavy atom. The van der Waals surface area contributed by atoms with E-state index in [-0.39, 0.29) is 0 Å². The van der Waals surface area contributed by atoms with Gasteiger partial charge in [-0.25, -0.2) is 14.8 Å². The highest BCUT2D eigenvalue weighted by Gasteiger charge is 1.98. The standard InChI is InChI=1S/C9H10N2O2/c1-6(3-9(12)13)8-4-10-7(2)11-5-8/h3-5H,1-2H3,(H,12,13)/b6-3-. The number of hydrogen-bond donors (Lipinski definition) is 1. The normalized spacial score (nSPS) is 11.4. The van der Waals surface area contributed by atoms with Crippen molar-refractivity contribution in [3.8, 4) is 0 Å². The quantitative estimate of drug-likeness (QED) is 0.693. The Morgan fingerprint density at radius 1 is 1.46 bits per heavy atom. The van der Waals surface area contributed by atoms with Crippen LogP contribution in [0.4, 0.5) is 0 Å². The molecule has 0 saturated heterocycles. The maximum absolute atomic E-state index is 10.3. The molecule has 1 aromatic rings. The zero-order valence-corrected chi connectivity index (χ0v) is 7.48. The van der Waals surface area contributed by atoms with Crippen LogP contribution in [0.25, 0.3) is 5.57 Å². The van der Waals surface area contributed by atoms with Crippen molar-refractivity contribution in [2.75, 3.05) is 0 Å². The molecule has 0 unspecified atom stereocenters.